The van der Waals surface area contributed by atoms with E-state index in [0.29, 0.717) is 56.3 Å². The molecule has 2 aliphatic heterocycles. The zero-order chi connectivity index (χ0) is 23.1. The number of carboxylic acid groups (broad SMARTS) is 1. The van der Waals surface area contributed by atoms with Gasteiger partial charge < -0.3 is 10.4 Å². The Kier molecular flexibility index (Phi) is 6.87. The average Bonchev–Trinajstić information content (AvgIpc) is 2.77. The third-order valence-electron chi connectivity index (χ3n) is 8.64. The van der Waals surface area contributed by atoms with E-state index in [1.165, 1.54) is 27.9 Å². The lowest BCUT2D eigenvalue weighted by Crippen LogP contribution is -2.56. The van der Waals surface area contributed by atoms with Gasteiger partial charge in [0.05, 0.1) is 12.5 Å². The van der Waals surface area contributed by atoms with Crippen LogP contribution in [0.1, 0.15) is 46.0 Å². The first-order chi connectivity index (χ1) is 15.1. The Labute approximate surface area is 191 Å². The van der Waals surface area contributed by atoms with E-state index in [-0.39, 0.29) is 38.0 Å². The maximum absolute atomic E-state index is 13.1. The van der Waals surface area contributed by atoms with Crippen molar-refractivity contribution >= 4 is 22.1 Å². The fourth-order valence-corrected chi connectivity index (χ4v) is 8.10. The molecule has 0 aromatic rings. The molecule has 5 fully saturated rings. The molecule has 9 nitrogen and oxygen atoms in total. The molecule has 182 valence electrons. The van der Waals surface area contributed by atoms with Crippen molar-refractivity contribution < 1.29 is 23.1 Å². The number of fused-ring (bicyclic) bond motifs is 2. The van der Waals surface area contributed by atoms with Crippen LogP contribution < -0.4 is 5.32 Å². The van der Waals surface area contributed by atoms with Crippen LogP contribution >= 0.6 is 0 Å². The van der Waals surface area contributed by atoms with Gasteiger partial charge in [-0.25, -0.2) is 0 Å². The highest BCUT2D eigenvalue weighted by molar-refractivity contribution is 7.86. The van der Waals surface area contributed by atoms with E-state index in [1.54, 1.807) is 4.90 Å². The average molecular weight is 471 g/mol. The van der Waals surface area contributed by atoms with Crippen LogP contribution in [0.25, 0.3) is 0 Å². The SMILES string of the molecule is CC1(C)[C@H]2CC[C@@H](CNC(=O)C3CCCN(S(=O)(=O)N4CCN(CC(=O)O)CC4)C3)[C@@H]1C2. The summed E-state index contributed by atoms with van der Waals surface area (Å²) >= 11 is 0. The number of carboxylic acids is 1. The Hall–Kier alpha value is -1.23. The Morgan fingerprint density at radius 2 is 1.75 bits per heavy atom. The van der Waals surface area contributed by atoms with Crippen molar-refractivity contribution in [1.82, 2.24) is 18.8 Å². The molecule has 1 unspecified atom stereocenters. The number of amides is 1. The third-order valence-corrected chi connectivity index (χ3v) is 10.6. The van der Waals surface area contributed by atoms with Crippen molar-refractivity contribution in [3.8, 4) is 0 Å². The van der Waals surface area contributed by atoms with Crippen molar-refractivity contribution in [3.63, 3.8) is 0 Å². The summed E-state index contributed by atoms with van der Waals surface area (Å²) in [5.41, 5.74) is 0.387. The molecule has 0 spiro atoms. The maximum Gasteiger partial charge on any atom is 0.317 e. The Morgan fingerprint density at radius 1 is 1.03 bits per heavy atom. The second-order valence-electron chi connectivity index (χ2n) is 10.7. The predicted octanol–water partition coefficient (Wildman–Crippen LogP) is 0.834. The molecule has 3 saturated carbocycles. The number of rotatable bonds is 7. The predicted molar refractivity (Wildman–Crippen MR) is 120 cm³/mol. The number of nitrogens with one attached hydrogen (secondary N) is 1. The summed E-state index contributed by atoms with van der Waals surface area (Å²) in [7, 11) is -3.64. The minimum absolute atomic E-state index is 0.0181. The van der Waals surface area contributed by atoms with Gasteiger partial charge in [-0.15, -0.1) is 0 Å². The molecule has 4 atom stereocenters. The van der Waals surface area contributed by atoms with Crippen molar-refractivity contribution in [1.29, 1.82) is 0 Å². The van der Waals surface area contributed by atoms with Crippen molar-refractivity contribution in [3.05, 3.63) is 0 Å². The molecule has 1 amide bonds. The van der Waals surface area contributed by atoms with Gasteiger partial charge in [0.15, 0.2) is 0 Å². The lowest BCUT2D eigenvalue weighted by molar-refractivity contribution is -0.138. The van der Waals surface area contributed by atoms with E-state index >= 15 is 0 Å². The molecule has 10 heteroatoms. The quantitative estimate of drug-likeness (QED) is 0.570. The summed E-state index contributed by atoms with van der Waals surface area (Å²) in [6.07, 6.45) is 5.10. The number of piperazine rings is 1. The highest BCUT2D eigenvalue weighted by Gasteiger charge is 2.54. The topological polar surface area (TPSA) is 110 Å². The van der Waals surface area contributed by atoms with Crippen LogP contribution in [0.3, 0.4) is 0 Å². The minimum Gasteiger partial charge on any atom is -0.480 e. The van der Waals surface area contributed by atoms with Crippen molar-refractivity contribution in [2.75, 3.05) is 52.4 Å². The molecule has 5 aliphatic rings. The molecule has 2 saturated heterocycles. The van der Waals surface area contributed by atoms with Gasteiger partial charge in [0.1, 0.15) is 0 Å². The fourth-order valence-electron chi connectivity index (χ4n) is 6.42. The summed E-state index contributed by atoms with van der Waals surface area (Å²) in [6, 6.07) is 0. The van der Waals surface area contributed by atoms with E-state index in [0.717, 1.165) is 5.92 Å². The number of carbonyl (C=O) groups excluding carboxylic acids is 1. The fraction of sp³-hybridized carbons (Fsp3) is 0.909. The molecule has 32 heavy (non-hydrogen) atoms. The number of piperidine rings is 1. The monoisotopic (exact) mass is 470 g/mol. The normalized spacial score (nSPS) is 33.9. The first kappa shape index (κ1) is 23.9. The van der Waals surface area contributed by atoms with Crippen LogP contribution in [0.5, 0.6) is 0 Å². The number of carbonyl (C=O) groups is 2. The molecule has 5 rings (SSSR count). The van der Waals surface area contributed by atoms with Crippen LogP contribution in [0.15, 0.2) is 0 Å². The number of nitrogens with zero attached hydrogens (tertiary/aromatic N) is 3. The second kappa shape index (κ2) is 9.19. The minimum atomic E-state index is -3.64. The smallest absolute Gasteiger partial charge is 0.317 e. The zero-order valence-electron chi connectivity index (χ0n) is 19.3. The molecule has 2 bridgehead atoms. The van der Waals surface area contributed by atoms with Crippen LogP contribution in [0.4, 0.5) is 0 Å². The van der Waals surface area contributed by atoms with E-state index in [1.807, 2.05) is 0 Å². The number of hydrogen-bond acceptors (Lipinski definition) is 5. The Morgan fingerprint density at radius 3 is 2.38 bits per heavy atom. The summed E-state index contributed by atoms with van der Waals surface area (Å²) < 4.78 is 29.2. The summed E-state index contributed by atoms with van der Waals surface area (Å²) in [4.78, 5) is 25.5. The molecule has 0 aromatic heterocycles. The van der Waals surface area contributed by atoms with Gasteiger partial charge in [0.25, 0.3) is 10.2 Å². The molecular formula is C22H38N4O5S. The van der Waals surface area contributed by atoms with E-state index in [9.17, 15) is 18.0 Å². The van der Waals surface area contributed by atoms with Crippen LogP contribution in [0.2, 0.25) is 0 Å². The first-order valence-electron chi connectivity index (χ1n) is 12.1. The maximum atomic E-state index is 13.1. The van der Waals surface area contributed by atoms with E-state index in [2.05, 4.69) is 19.2 Å². The van der Waals surface area contributed by atoms with Crippen molar-refractivity contribution in [2.24, 2.45) is 29.1 Å². The molecular weight excluding hydrogens is 432 g/mol. The summed E-state index contributed by atoms with van der Waals surface area (Å²) in [5, 5.41) is 12.1. The molecule has 0 radical (unpaired) electrons. The molecule has 2 heterocycles. The van der Waals surface area contributed by atoms with Crippen molar-refractivity contribution in [2.45, 2.75) is 46.0 Å². The van der Waals surface area contributed by atoms with E-state index < -0.39 is 16.2 Å². The van der Waals surface area contributed by atoms with Gasteiger partial charge in [0.2, 0.25) is 5.91 Å². The Bertz CT molecular complexity index is 822. The van der Waals surface area contributed by atoms with Gasteiger partial charge in [-0.2, -0.15) is 17.0 Å². The molecule has 3 aliphatic carbocycles. The highest BCUT2D eigenvalue weighted by Crippen LogP contribution is 2.61. The van der Waals surface area contributed by atoms with Gasteiger partial charge in [-0.1, -0.05) is 13.8 Å². The van der Waals surface area contributed by atoms with E-state index in [4.69, 9.17) is 5.11 Å². The van der Waals surface area contributed by atoms with Crippen LogP contribution in [0, 0.1) is 29.1 Å². The lowest BCUT2D eigenvalue weighted by atomic mass is 9.45. The van der Waals surface area contributed by atoms with Gasteiger partial charge >= 0.3 is 5.97 Å². The van der Waals surface area contributed by atoms with Crippen LogP contribution in [-0.4, -0.2) is 91.3 Å². The zero-order valence-corrected chi connectivity index (χ0v) is 20.1. The summed E-state index contributed by atoms with van der Waals surface area (Å²) in [6.45, 7) is 7.37. The largest absolute Gasteiger partial charge is 0.480 e. The lowest BCUT2D eigenvalue weighted by Gasteiger charge is -2.60. The van der Waals surface area contributed by atoms with Gasteiger partial charge in [-0.3, -0.25) is 14.5 Å². The number of aliphatic carboxylic acids is 1. The summed E-state index contributed by atoms with van der Waals surface area (Å²) in [5.74, 6) is 0.824. The van der Waals surface area contributed by atoms with Gasteiger partial charge in [0, 0.05) is 45.8 Å². The first-order valence-corrected chi connectivity index (χ1v) is 13.5. The molecule has 2 N–H and O–H groups in total. The standard InChI is InChI=1S/C22H38N4O5S/c1-22(2)18-6-5-16(19(22)12-18)13-23-21(29)17-4-3-7-26(14-17)32(30,31)25-10-8-24(9-11-25)15-20(27)28/h16-19H,3-15H2,1-2H3,(H,23,29)(H,27,28)/t16-,17?,18-,19-/m0/s1. The Balaban J connectivity index is 1.28. The highest BCUT2D eigenvalue weighted by atomic mass is 32.2. The van der Waals surface area contributed by atoms with Gasteiger partial charge in [-0.05, 0) is 55.3 Å². The second-order valence-corrected chi connectivity index (χ2v) is 12.6. The third kappa shape index (κ3) is 4.69. The number of hydrogen-bond donors (Lipinski definition) is 2. The van der Waals surface area contributed by atoms with Crippen LogP contribution in [-0.2, 0) is 19.8 Å². The molecule has 0 aromatic carbocycles.